The highest BCUT2D eigenvalue weighted by Gasteiger charge is 2.23. The summed E-state index contributed by atoms with van der Waals surface area (Å²) in [6.45, 7) is 8.53. The van der Waals surface area contributed by atoms with Crippen LogP contribution in [0.4, 0.5) is 0 Å². The van der Waals surface area contributed by atoms with E-state index < -0.39 is 0 Å². The molecule has 0 aromatic carbocycles. The Bertz CT molecular complexity index is 476. The Labute approximate surface area is 129 Å². The van der Waals surface area contributed by atoms with Crippen LogP contribution in [0.25, 0.3) is 0 Å². The molecule has 0 radical (unpaired) electrons. The van der Waals surface area contributed by atoms with Gasteiger partial charge in [0.05, 0.1) is 22.6 Å². The minimum absolute atomic E-state index is 0.0157. The molecule has 1 saturated heterocycles. The van der Waals surface area contributed by atoms with Gasteiger partial charge in [-0.05, 0) is 42.6 Å². The molecule has 1 aromatic rings. The van der Waals surface area contributed by atoms with Crippen LogP contribution in [-0.4, -0.2) is 33.7 Å². The molecule has 1 amide bonds. The van der Waals surface area contributed by atoms with E-state index in [1.165, 1.54) is 12.8 Å². The van der Waals surface area contributed by atoms with Gasteiger partial charge < -0.3 is 4.90 Å². The molecular weight excluding hydrogens is 318 g/mol. The summed E-state index contributed by atoms with van der Waals surface area (Å²) in [5.41, 5.74) is 2.08. The van der Waals surface area contributed by atoms with Crippen LogP contribution >= 0.6 is 15.9 Å². The molecule has 20 heavy (non-hydrogen) atoms. The summed E-state index contributed by atoms with van der Waals surface area (Å²) in [5.74, 6) is 0.258. The third-order valence-corrected chi connectivity index (χ3v) is 5.23. The Balaban J connectivity index is 2.01. The molecule has 2 rings (SSSR count). The number of hydrogen-bond donors (Lipinski definition) is 0. The van der Waals surface area contributed by atoms with E-state index >= 15 is 0 Å². The smallest absolute Gasteiger partial charge is 0.227 e. The average molecular weight is 342 g/mol. The van der Waals surface area contributed by atoms with Gasteiger partial charge in [-0.2, -0.15) is 5.10 Å². The van der Waals surface area contributed by atoms with Gasteiger partial charge in [0.1, 0.15) is 0 Å². The van der Waals surface area contributed by atoms with E-state index in [1.54, 1.807) is 0 Å². The first-order valence-electron chi connectivity index (χ1n) is 7.49. The maximum absolute atomic E-state index is 12.5. The van der Waals surface area contributed by atoms with Crippen molar-refractivity contribution in [3.63, 3.8) is 0 Å². The molecule has 0 N–H and O–H groups in total. The minimum Gasteiger partial charge on any atom is -0.342 e. The van der Waals surface area contributed by atoms with E-state index in [9.17, 15) is 4.79 Å². The molecule has 0 bridgehead atoms. The van der Waals surface area contributed by atoms with Crippen molar-refractivity contribution >= 4 is 21.8 Å². The molecule has 2 heterocycles. The summed E-state index contributed by atoms with van der Waals surface area (Å²) in [6.07, 6.45) is 4.79. The van der Waals surface area contributed by atoms with Gasteiger partial charge in [-0.15, -0.1) is 0 Å². The third kappa shape index (κ3) is 3.43. The largest absolute Gasteiger partial charge is 0.342 e. The first kappa shape index (κ1) is 15.5. The molecule has 0 spiro atoms. The van der Waals surface area contributed by atoms with Gasteiger partial charge in [0.15, 0.2) is 0 Å². The maximum Gasteiger partial charge on any atom is 0.227 e. The van der Waals surface area contributed by atoms with Gasteiger partial charge in [-0.3, -0.25) is 9.48 Å². The summed E-state index contributed by atoms with van der Waals surface area (Å²) in [7, 11) is 0. The molecule has 4 nitrogen and oxygen atoms in total. The number of carbonyl (C=O) groups excluding carboxylic acids is 1. The number of likely N-dealkylation sites (tertiary alicyclic amines) is 1. The van der Waals surface area contributed by atoms with Crippen molar-refractivity contribution in [3.05, 3.63) is 15.9 Å². The van der Waals surface area contributed by atoms with E-state index in [2.05, 4.69) is 21.0 Å². The normalized spacial score (nSPS) is 17.9. The summed E-state index contributed by atoms with van der Waals surface area (Å²) < 4.78 is 2.99. The predicted octanol–water partition coefficient (Wildman–Crippen LogP) is 3.30. The van der Waals surface area contributed by atoms with Crippen molar-refractivity contribution in [1.29, 1.82) is 0 Å². The van der Waals surface area contributed by atoms with Gasteiger partial charge >= 0.3 is 0 Å². The van der Waals surface area contributed by atoms with Crippen molar-refractivity contribution < 1.29 is 4.79 Å². The first-order chi connectivity index (χ1) is 9.50. The van der Waals surface area contributed by atoms with Crippen molar-refractivity contribution in [1.82, 2.24) is 14.7 Å². The van der Waals surface area contributed by atoms with E-state index in [0.29, 0.717) is 6.54 Å². The fourth-order valence-electron chi connectivity index (χ4n) is 2.79. The number of hydrogen-bond acceptors (Lipinski definition) is 2. The van der Waals surface area contributed by atoms with Crippen LogP contribution in [0, 0.1) is 19.8 Å². The fraction of sp³-hybridized carbons (Fsp3) is 0.733. The van der Waals surface area contributed by atoms with Crippen molar-refractivity contribution in [3.8, 4) is 0 Å². The topological polar surface area (TPSA) is 38.1 Å². The highest BCUT2D eigenvalue weighted by molar-refractivity contribution is 9.10. The number of amides is 1. The second-order valence-corrected chi connectivity index (χ2v) is 6.60. The van der Waals surface area contributed by atoms with E-state index in [4.69, 9.17) is 0 Å². The molecule has 1 unspecified atom stereocenters. The van der Waals surface area contributed by atoms with Crippen LogP contribution in [0.15, 0.2) is 4.47 Å². The Kier molecular flexibility index (Phi) is 5.24. The minimum atomic E-state index is -0.0157. The van der Waals surface area contributed by atoms with Gasteiger partial charge in [-0.1, -0.05) is 19.8 Å². The van der Waals surface area contributed by atoms with Gasteiger partial charge in [0.25, 0.3) is 0 Å². The van der Waals surface area contributed by atoms with Crippen LogP contribution in [-0.2, 0) is 11.3 Å². The highest BCUT2D eigenvalue weighted by Crippen LogP contribution is 2.21. The molecule has 1 atom stereocenters. The van der Waals surface area contributed by atoms with Gasteiger partial charge in [-0.25, -0.2) is 0 Å². The lowest BCUT2D eigenvalue weighted by Crippen LogP contribution is -2.37. The van der Waals surface area contributed by atoms with Crippen molar-refractivity contribution in [2.75, 3.05) is 13.1 Å². The summed E-state index contributed by atoms with van der Waals surface area (Å²) in [6, 6.07) is 0. The molecule has 1 aliphatic heterocycles. The Hall–Kier alpha value is -0.840. The van der Waals surface area contributed by atoms with Crippen LogP contribution in [0.3, 0.4) is 0 Å². The molecule has 1 aromatic heterocycles. The fourth-order valence-corrected chi connectivity index (χ4v) is 3.08. The number of nitrogens with zero attached hydrogens (tertiary/aromatic N) is 3. The quantitative estimate of drug-likeness (QED) is 0.845. The lowest BCUT2D eigenvalue weighted by Gasteiger charge is -2.24. The second-order valence-electron chi connectivity index (χ2n) is 5.81. The standard InChI is InChI=1S/C15H24BrN3O/c1-11(10-19-13(3)14(16)12(2)17-19)15(20)18-8-6-4-5-7-9-18/h11H,4-10H2,1-3H3. The van der Waals surface area contributed by atoms with Gasteiger partial charge in [0, 0.05) is 18.8 Å². The van der Waals surface area contributed by atoms with Crippen LogP contribution < -0.4 is 0 Å². The molecule has 0 aliphatic carbocycles. The SMILES string of the molecule is Cc1nn(CC(C)C(=O)N2CCCCCC2)c(C)c1Br. The average Bonchev–Trinajstić information content (AvgIpc) is 2.69. The number of aryl methyl sites for hydroxylation is 1. The molecule has 0 saturated carbocycles. The predicted molar refractivity (Wildman–Crippen MR) is 83.6 cm³/mol. The van der Waals surface area contributed by atoms with Gasteiger partial charge in [0.2, 0.25) is 5.91 Å². The van der Waals surface area contributed by atoms with E-state index in [0.717, 1.165) is 41.8 Å². The monoisotopic (exact) mass is 341 g/mol. The zero-order chi connectivity index (χ0) is 14.7. The summed E-state index contributed by atoms with van der Waals surface area (Å²) in [5, 5.41) is 4.49. The van der Waals surface area contributed by atoms with Crippen molar-refractivity contribution in [2.24, 2.45) is 5.92 Å². The lowest BCUT2D eigenvalue weighted by molar-refractivity contribution is -0.135. The van der Waals surface area contributed by atoms with Crippen LogP contribution in [0.2, 0.25) is 0 Å². The number of aromatic nitrogens is 2. The summed E-state index contributed by atoms with van der Waals surface area (Å²) >= 11 is 3.54. The van der Waals surface area contributed by atoms with Crippen molar-refractivity contribution in [2.45, 2.75) is 53.0 Å². The van der Waals surface area contributed by atoms with E-state index in [-0.39, 0.29) is 11.8 Å². The summed E-state index contributed by atoms with van der Waals surface area (Å²) in [4.78, 5) is 14.6. The second kappa shape index (κ2) is 6.74. The molecule has 1 aliphatic rings. The Morgan fingerprint density at radius 1 is 1.25 bits per heavy atom. The molecule has 112 valence electrons. The maximum atomic E-state index is 12.5. The van der Waals surface area contributed by atoms with Crippen LogP contribution in [0.5, 0.6) is 0 Å². The molecular formula is C15H24BrN3O. The highest BCUT2D eigenvalue weighted by atomic mass is 79.9. The lowest BCUT2D eigenvalue weighted by atomic mass is 10.1. The number of rotatable bonds is 3. The molecule has 5 heteroatoms. The third-order valence-electron chi connectivity index (χ3n) is 4.08. The Morgan fingerprint density at radius 2 is 1.85 bits per heavy atom. The molecule has 1 fully saturated rings. The van der Waals surface area contributed by atoms with Crippen LogP contribution in [0.1, 0.15) is 44.0 Å². The first-order valence-corrected chi connectivity index (χ1v) is 8.28. The van der Waals surface area contributed by atoms with E-state index in [1.807, 2.05) is 30.4 Å². The Morgan fingerprint density at radius 3 is 2.35 bits per heavy atom. The zero-order valence-corrected chi connectivity index (χ0v) is 14.2. The number of carbonyl (C=O) groups is 1. The zero-order valence-electron chi connectivity index (χ0n) is 12.7. The number of halogens is 1.